The zero-order chi connectivity index (χ0) is 13.1. The van der Waals surface area contributed by atoms with Crippen molar-refractivity contribution in [2.75, 3.05) is 11.9 Å². The second-order valence-electron chi connectivity index (χ2n) is 4.27. The van der Waals surface area contributed by atoms with Gasteiger partial charge >= 0.3 is 0 Å². The molecule has 0 unspecified atom stereocenters. The molecule has 19 heavy (non-hydrogen) atoms. The highest BCUT2D eigenvalue weighted by molar-refractivity contribution is 5.93. The molecule has 0 saturated carbocycles. The third-order valence-corrected chi connectivity index (χ3v) is 2.93. The molecule has 5 heteroatoms. The van der Waals surface area contributed by atoms with Crippen LogP contribution in [0, 0.1) is 0 Å². The monoisotopic (exact) mass is 253 g/mol. The molecule has 0 spiro atoms. The lowest BCUT2D eigenvalue weighted by Crippen LogP contribution is -2.07. The Morgan fingerprint density at radius 1 is 1.21 bits per heavy atom. The molecule has 2 aromatic heterocycles. The van der Waals surface area contributed by atoms with Crippen LogP contribution in [-0.4, -0.2) is 21.5 Å². The van der Waals surface area contributed by atoms with Gasteiger partial charge in [0.1, 0.15) is 11.6 Å². The van der Waals surface area contributed by atoms with Crippen LogP contribution in [-0.2, 0) is 6.42 Å². The van der Waals surface area contributed by atoms with Gasteiger partial charge in [0.15, 0.2) is 0 Å². The van der Waals surface area contributed by atoms with Crippen molar-refractivity contribution in [3.05, 3.63) is 48.5 Å². The van der Waals surface area contributed by atoms with Gasteiger partial charge in [0, 0.05) is 29.7 Å². The molecule has 0 aliphatic heterocycles. The first-order valence-corrected chi connectivity index (χ1v) is 6.22. The topological polar surface area (TPSA) is 79.6 Å². The number of aromatic nitrogens is 3. The van der Waals surface area contributed by atoms with E-state index in [1.54, 1.807) is 6.20 Å². The predicted molar refractivity (Wildman–Crippen MR) is 76.4 cm³/mol. The largest absolute Gasteiger partial charge is 0.359 e. The minimum Gasteiger partial charge on any atom is -0.359 e. The van der Waals surface area contributed by atoms with Crippen LogP contribution in [0.2, 0.25) is 0 Å². The molecule has 3 aromatic rings. The Morgan fingerprint density at radius 2 is 2.11 bits per heavy atom. The number of nitrogens with two attached hydrogens (primary N) is 1. The highest BCUT2D eigenvalue weighted by Gasteiger charge is 2.04. The molecule has 0 atom stereocenters. The van der Waals surface area contributed by atoms with Crippen molar-refractivity contribution in [1.82, 2.24) is 15.0 Å². The molecule has 5 nitrogen and oxygen atoms in total. The number of anilines is 2. The summed E-state index contributed by atoms with van der Waals surface area (Å²) in [6.07, 6.45) is 4.37. The highest BCUT2D eigenvalue weighted by Crippen LogP contribution is 2.25. The molecule has 3 rings (SSSR count). The van der Waals surface area contributed by atoms with Crippen LogP contribution in [0.1, 0.15) is 5.82 Å². The highest BCUT2D eigenvalue weighted by atomic mass is 15.0. The maximum atomic E-state index is 5.52. The SMILES string of the molecule is NCCc1nccc(Nc2c[nH]c3ccccc23)n1. The van der Waals surface area contributed by atoms with Crippen molar-refractivity contribution in [2.24, 2.45) is 5.73 Å². The Hall–Kier alpha value is -2.40. The zero-order valence-electron chi connectivity index (χ0n) is 10.4. The number of hydrogen-bond acceptors (Lipinski definition) is 4. The predicted octanol–water partition coefficient (Wildman–Crippen LogP) is 2.20. The third kappa shape index (κ3) is 2.41. The number of H-pyrrole nitrogens is 1. The minimum atomic E-state index is 0.552. The first-order chi connectivity index (χ1) is 9.36. The van der Waals surface area contributed by atoms with E-state index >= 15 is 0 Å². The molecule has 0 fully saturated rings. The molecule has 0 bridgehead atoms. The van der Waals surface area contributed by atoms with E-state index in [4.69, 9.17) is 5.73 Å². The number of rotatable bonds is 4. The zero-order valence-corrected chi connectivity index (χ0v) is 10.4. The average molecular weight is 253 g/mol. The molecule has 1 aromatic carbocycles. The maximum Gasteiger partial charge on any atom is 0.134 e. The van der Waals surface area contributed by atoms with Gasteiger partial charge in [0.25, 0.3) is 0 Å². The summed E-state index contributed by atoms with van der Waals surface area (Å²) in [5.74, 6) is 1.54. The quantitative estimate of drug-likeness (QED) is 0.666. The van der Waals surface area contributed by atoms with E-state index in [1.165, 1.54) is 0 Å². The molecule has 2 heterocycles. The van der Waals surface area contributed by atoms with Gasteiger partial charge in [0.2, 0.25) is 0 Å². The van der Waals surface area contributed by atoms with E-state index in [2.05, 4.69) is 26.3 Å². The van der Waals surface area contributed by atoms with E-state index in [0.29, 0.717) is 13.0 Å². The van der Waals surface area contributed by atoms with Gasteiger partial charge in [-0.1, -0.05) is 18.2 Å². The Kier molecular flexibility index (Phi) is 3.12. The van der Waals surface area contributed by atoms with Gasteiger partial charge in [0.05, 0.1) is 5.69 Å². The number of aromatic amines is 1. The lowest BCUT2D eigenvalue weighted by Gasteiger charge is -2.05. The first kappa shape index (κ1) is 11.7. The second-order valence-corrected chi connectivity index (χ2v) is 4.27. The molecule has 0 amide bonds. The summed E-state index contributed by atoms with van der Waals surface area (Å²) in [7, 11) is 0. The van der Waals surface area contributed by atoms with Gasteiger partial charge < -0.3 is 16.0 Å². The summed E-state index contributed by atoms with van der Waals surface area (Å²) in [5.41, 5.74) is 7.62. The van der Waals surface area contributed by atoms with Crippen molar-refractivity contribution in [3.8, 4) is 0 Å². The second kappa shape index (κ2) is 5.07. The van der Waals surface area contributed by atoms with E-state index in [-0.39, 0.29) is 0 Å². The Morgan fingerprint density at radius 3 is 3.00 bits per heavy atom. The van der Waals surface area contributed by atoms with Crippen molar-refractivity contribution in [2.45, 2.75) is 6.42 Å². The molecule has 96 valence electrons. The van der Waals surface area contributed by atoms with Crippen LogP contribution in [0.5, 0.6) is 0 Å². The standard InChI is InChI=1S/C14H15N5/c15-7-5-13-16-8-6-14(19-13)18-12-9-17-11-4-2-1-3-10(11)12/h1-4,6,8-9,17H,5,7,15H2,(H,16,18,19). The van der Waals surface area contributed by atoms with E-state index in [1.807, 2.05) is 30.5 Å². The molecule has 0 aliphatic rings. The summed E-state index contributed by atoms with van der Waals surface area (Å²) in [6, 6.07) is 9.98. The fourth-order valence-corrected chi connectivity index (χ4v) is 2.03. The number of para-hydroxylation sites is 1. The fraction of sp³-hybridized carbons (Fsp3) is 0.143. The number of nitrogens with one attached hydrogen (secondary N) is 2. The van der Waals surface area contributed by atoms with Crippen molar-refractivity contribution in [3.63, 3.8) is 0 Å². The first-order valence-electron chi connectivity index (χ1n) is 6.22. The maximum absolute atomic E-state index is 5.52. The van der Waals surface area contributed by atoms with Crippen LogP contribution in [0.15, 0.2) is 42.7 Å². The molecular weight excluding hydrogens is 238 g/mol. The smallest absolute Gasteiger partial charge is 0.134 e. The average Bonchev–Trinajstić information content (AvgIpc) is 2.83. The van der Waals surface area contributed by atoms with Crippen LogP contribution in [0.4, 0.5) is 11.5 Å². The van der Waals surface area contributed by atoms with E-state index < -0.39 is 0 Å². The van der Waals surface area contributed by atoms with Gasteiger partial charge in [-0.2, -0.15) is 0 Å². The molecular formula is C14H15N5. The normalized spacial score (nSPS) is 10.8. The van der Waals surface area contributed by atoms with Gasteiger partial charge in [-0.15, -0.1) is 0 Å². The fourth-order valence-electron chi connectivity index (χ4n) is 2.03. The molecule has 0 saturated heterocycles. The minimum absolute atomic E-state index is 0.552. The number of fused-ring (bicyclic) bond motifs is 1. The number of benzene rings is 1. The van der Waals surface area contributed by atoms with Crippen molar-refractivity contribution < 1.29 is 0 Å². The molecule has 4 N–H and O–H groups in total. The number of nitrogens with zero attached hydrogens (tertiary/aromatic N) is 2. The third-order valence-electron chi connectivity index (χ3n) is 2.93. The molecule has 0 radical (unpaired) electrons. The lowest BCUT2D eigenvalue weighted by atomic mass is 10.2. The Bertz CT molecular complexity index is 689. The van der Waals surface area contributed by atoms with Crippen LogP contribution < -0.4 is 11.1 Å². The summed E-state index contributed by atoms with van der Waals surface area (Å²) in [4.78, 5) is 11.8. The number of hydrogen-bond donors (Lipinski definition) is 3. The van der Waals surface area contributed by atoms with Crippen molar-refractivity contribution in [1.29, 1.82) is 0 Å². The van der Waals surface area contributed by atoms with Crippen molar-refractivity contribution >= 4 is 22.4 Å². The van der Waals surface area contributed by atoms with Crippen LogP contribution in [0.3, 0.4) is 0 Å². The lowest BCUT2D eigenvalue weighted by molar-refractivity contribution is 0.870. The van der Waals surface area contributed by atoms with E-state index in [0.717, 1.165) is 28.2 Å². The van der Waals surface area contributed by atoms with Gasteiger partial charge in [-0.05, 0) is 18.7 Å². The summed E-state index contributed by atoms with van der Waals surface area (Å²) < 4.78 is 0. The molecule has 0 aliphatic carbocycles. The van der Waals surface area contributed by atoms with Crippen LogP contribution in [0.25, 0.3) is 10.9 Å². The Labute approximate surface area is 110 Å². The van der Waals surface area contributed by atoms with Gasteiger partial charge in [-0.25, -0.2) is 9.97 Å². The Balaban J connectivity index is 1.90. The summed E-state index contributed by atoms with van der Waals surface area (Å²) in [6.45, 7) is 0.552. The van der Waals surface area contributed by atoms with Gasteiger partial charge in [-0.3, -0.25) is 0 Å². The van der Waals surface area contributed by atoms with E-state index in [9.17, 15) is 0 Å². The van der Waals surface area contributed by atoms with Crippen LogP contribution >= 0.6 is 0 Å². The summed E-state index contributed by atoms with van der Waals surface area (Å²) in [5, 5.41) is 4.44. The summed E-state index contributed by atoms with van der Waals surface area (Å²) >= 11 is 0.